The lowest BCUT2D eigenvalue weighted by Gasteiger charge is -2.29. The van der Waals surface area contributed by atoms with E-state index in [0.717, 1.165) is 19.3 Å². The molecule has 22 heavy (non-hydrogen) atoms. The van der Waals surface area contributed by atoms with E-state index < -0.39 is 24.5 Å². The zero-order valence-electron chi connectivity index (χ0n) is 12.6. The van der Waals surface area contributed by atoms with Crippen molar-refractivity contribution < 1.29 is 19.1 Å². The number of hydrogen-bond acceptors (Lipinski definition) is 4. The zero-order valence-corrected chi connectivity index (χ0v) is 12.6. The first-order valence-corrected chi connectivity index (χ1v) is 7.47. The van der Waals surface area contributed by atoms with Gasteiger partial charge in [0.15, 0.2) is 6.61 Å². The molecule has 0 aliphatic heterocycles. The number of ether oxygens (including phenoxy) is 1. The molecule has 7 heteroatoms. The highest BCUT2D eigenvalue weighted by Gasteiger charge is 2.23. The molecule has 1 aliphatic rings. The third kappa shape index (κ3) is 4.61. The van der Waals surface area contributed by atoms with Crippen LogP contribution in [0.4, 0.5) is 4.79 Å². The molecule has 0 saturated heterocycles. The molecule has 0 spiro atoms. The van der Waals surface area contributed by atoms with Crippen LogP contribution in [0.5, 0.6) is 0 Å². The van der Waals surface area contributed by atoms with E-state index in [2.05, 4.69) is 22.5 Å². The molecular formula is C15H21N3O4. The van der Waals surface area contributed by atoms with E-state index in [0.29, 0.717) is 5.92 Å². The third-order valence-electron chi connectivity index (χ3n) is 3.83. The predicted octanol–water partition coefficient (Wildman–Crippen LogP) is 1.58. The SMILES string of the molecule is C[C@H]1CCCC[C@@H]1NC(=O)NC(=O)COC(=O)c1ccc[nH]1. The van der Waals surface area contributed by atoms with Crippen LogP contribution in [0.25, 0.3) is 0 Å². The molecule has 3 N–H and O–H groups in total. The fourth-order valence-electron chi connectivity index (χ4n) is 2.56. The molecule has 1 fully saturated rings. The average molecular weight is 307 g/mol. The Kier molecular flexibility index (Phi) is 5.57. The Labute approximate surface area is 128 Å². The molecule has 1 aromatic rings. The minimum absolute atomic E-state index is 0.0861. The number of aromatic amines is 1. The Morgan fingerprint density at radius 3 is 2.77 bits per heavy atom. The average Bonchev–Trinajstić information content (AvgIpc) is 3.01. The lowest BCUT2D eigenvalue weighted by Crippen LogP contribution is -2.48. The number of imide groups is 1. The molecule has 1 aromatic heterocycles. The smallest absolute Gasteiger partial charge is 0.355 e. The second kappa shape index (κ2) is 7.63. The summed E-state index contributed by atoms with van der Waals surface area (Å²) in [7, 11) is 0. The molecule has 3 amide bonds. The van der Waals surface area contributed by atoms with Crippen molar-refractivity contribution in [1.82, 2.24) is 15.6 Å². The summed E-state index contributed by atoms with van der Waals surface area (Å²) >= 11 is 0. The Morgan fingerprint density at radius 2 is 2.09 bits per heavy atom. The number of urea groups is 1. The zero-order chi connectivity index (χ0) is 15.9. The summed E-state index contributed by atoms with van der Waals surface area (Å²) in [5, 5.41) is 4.97. The van der Waals surface area contributed by atoms with Crippen molar-refractivity contribution in [2.75, 3.05) is 6.61 Å². The van der Waals surface area contributed by atoms with Gasteiger partial charge in [0, 0.05) is 12.2 Å². The second-order valence-electron chi connectivity index (χ2n) is 5.55. The fraction of sp³-hybridized carbons (Fsp3) is 0.533. The number of nitrogens with one attached hydrogen (secondary N) is 3. The Hall–Kier alpha value is -2.31. The van der Waals surface area contributed by atoms with Gasteiger partial charge in [0.1, 0.15) is 5.69 Å². The summed E-state index contributed by atoms with van der Waals surface area (Å²) in [6.45, 7) is 1.59. The van der Waals surface area contributed by atoms with Gasteiger partial charge in [-0.15, -0.1) is 0 Å². The Bertz CT molecular complexity index is 527. The van der Waals surface area contributed by atoms with E-state index in [1.54, 1.807) is 12.3 Å². The van der Waals surface area contributed by atoms with Crippen molar-refractivity contribution >= 4 is 17.9 Å². The Balaban J connectivity index is 1.70. The number of amides is 3. The minimum Gasteiger partial charge on any atom is -0.451 e. The maximum Gasteiger partial charge on any atom is 0.355 e. The third-order valence-corrected chi connectivity index (χ3v) is 3.83. The first-order chi connectivity index (χ1) is 10.6. The highest BCUT2D eigenvalue weighted by atomic mass is 16.5. The van der Waals surface area contributed by atoms with Crippen LogP contribution in [-0.4, -0.2) is 35.5 Å². The summed E-state index contributed by atoms with van der Waals surface area (Å²) in [5.74, 6) is -0.886. The fourth-order valence-corrected chi connectivity index (χ4v) is 2.56. The van der Waals surface area contributed by atoms with Crippen LogP contribution in [0.3, 0.4) is 0 Å². The number of aromatic nitrogens is 1. The molecule has 0 aromatic carbocycles. The summed E-state index contributed by atoms with van der Waals surface area (Å²) in [5.41, 5.74) is 0.258. The van der Waals surface area contributed by atoms with Gasteiger partial charge in [0.2, 0.25) is 0 Å². The van der Waals surface area contributed by atoms with Gasteiger partial charge in [0.05, 0.1) is 0 Å². The van der Waals surface area contributed by atoms with Crippen LogP contribution in [0.2, 0.25) is 0 Å². The van der Waals surface area contributed by atoms with Crippen LogP contribution in [-0.2, 0) is 9.53 Å². The maximum absolute atomic E-state index is 11.8. The molecule has 1 heterocycles. The summed E-state index contributed by atoms with van der Waals surface area (Å²) in [4.78, 5) is 37.5. The second-order valence-corrected chi connectivity index (χ2v) is 5.55. The molecule has 0 radical (unpaired) electrons. The molecule has 0 bridgehead atoms. The number of carbonyl (C=O) groups is 3. The van der Waals surface area contributed by atoms with Crippen molar-refractivity contribution in [1.29, 1.82) is 0 Å². The largest absolute Gasteiger partial charge is 0.451 e. The molecule has 7 nitrogen and oxygen atoms in total. The van der Waals surface area contributed by atoms with E-state index in [1.165, 1.54) is 12.5 Å². The van der Waals surface area contributed by atoms with Crippen LogP contribution >= 0.6 is 0 Å². The quantitative estimate of drug-likeness (QED) is 0.735. The summed E-state index contributed by atoms with van der Waals surface area (Å²) in [6.07, 6.45) is 5.83. The minimum atomic E-state index is -0.652. The number of carbonyl (C=O) groups excluding carboxylic acids is 3. The molecule has 0 unspecified atom stereocenters. The van der Waals surface area contributed by atoms with Crippen LogP contribution in [0.1, 0.15) is 43.1 Å². The lowest BCUT2D eigenvalue weighted by molar-refractivity contribution is -0.123. The molecule has 1 saturated carbocycles. The molecule has 2 rings (SSSR count). The summed E-state index contributed by atoms with van der Waals surface area (Å²) in [6, 6.07) is 2.73. The van der Waals surface area contributed by atoms with Crippen molar-refractivity contribution in [3.05, 3.63) is 24.0 Å². The van der Waals surface area contributed by atoms with Crippen molar-refractivity contribution in [2.45, 2.75) is 38.6 Å². The highest BCUT2D eigenvalue weighted by molar-refractivity contribution is 5.96. The van der Waals surface area contributed by atoms with Crippen molar-refractivity contribution in [3.63, 3.8) is 0 Å². The lowest BCUT2D eigenvalue weighted by atomic mass is 9.86. The van der Waals surface area contributed by atoms with Crippen molar-refractivity contribution in [3.8, 4) is 0 Å². The monoisotopic (exact) mass is 307 g/mol. The molecule has 2 atom stereocenters. The van der Waals surface area contributed by atoms with Gasteiger partial charge in [-0.3, -0.25) is 10.1 Å². The predicted molar refractivity (Wildman–Crippen MR) is 79.2 cm³/mol. The first-order valence-electron chi connectivity index (χ1n) is 7.47. The number of hydrogen-bond donors (Lipinski definition) is 3. The summed E-state index contributed by atoms with van der Waals surface area (Å²) < 4.78 is 4.80. The number of H-pyrrole nitrogens is 1. The highest BCUT2D eigenvalue weighted by Crippen LogP contribution is 2.23. The van der Waals surface area contributed by atoms with Gasteiger partial charge in [0.25, 0.3) is 5.91 Å². The van der Waals surface area contributed by atoms with Gasteiger partial charge in [-0.25, -0.2) is 9.59 Å². The molecule has 1 aliphatic carbocycles. The van der Waals surface area contributed by atoms with E-state index in [1.807, 2.05) is 0 Å². The van der Waals surface area contributed by atoms with E-state index in [-0.39, 0.29) is 11.7 Å². The molecule has 120 valence electrons. The van der Waals surface area contributed by atoms with Gasteiger partial charge < -0.3 is 15.0 Å². The topological polar surface area (TPSA) is 100 Å². The maximum atomic E-state index is 11.8. The standard InChI is InChI=1S/C15H21N3O4/c1-10-5-2-3-6-11(10)17-15(21)18-13(19)9-22-14(20)12-7-4-8-16-12/h4,7-8,10-11,16H,2-3,5-6,9H2,1H3,(H2,17,18,19,21)/t10-,11-/m0/s1. The van der Waals surface area contributed by atoms with E-state index in [9.17, 15) is 14.4 Å². The van der Waals surface area contributed by atoms with Gasteiger partial charge >= 0.3 is 12.0 Å². The van der Waals surface area contributed by atoms with Crippen LogP contribution in [0.15, 0.2) is 18.3 Å². The molecular weight excluding hydrogens is 286 g/mol. The number of rotatable bonds is 4. The van der Waals surface area contributed by atoms with Gasteiger partial charge in [-0.05, 0) is 30.9 Å². The normalized spacial score (nSPS) is 21.0. The van der Waals surface area contributed by atoms with Crippen LogP contribution in [0, 0.1) is 5.92 Å². The first kappa shape index (κ1) is 16.1. The van der Waals surface area contributed by atoms with E-state index in [4.69, 9.17) is 4.74 Å². The number of esters is 1. The van der Waals surface area contributed by atoms with Gasteiger partial charge in [-0.2, -0.15) is 0 Å². The van der Waals surface area contributed by atoms with Gasteiger partial charge in [-0.1, -0.05) is 19.8 Å². The van der Waals surface area contributed by atoms with E-state index >= 15 is 0 Å². The van der Waals surface area contributed by atoms with Crippen molar-refractivity contribution in [2.24, 2.45) is 5.92 Å². The van der Waals surface area contributed by atoms with Crippen LogP contribution < -0.4 is 10.6 Å². The Morgan fingerprint density at radius 1 is 1.32 bits per heavy atom.